The van der Waals surface area contributed by atoms with Crippen molar-refractivity contribution in [1.29, 1.82) is 0 Å². The molecule has 0 aliphatic carbocycles. The zero-order valence-corrected chi connectivity index (χ0v) is 9.62. The Hall–Kier alpha value is -2.70. The van der Waals surface area contributed by atoms with Crippen LogP contribution in [0.3, 0.4) is 0 Å². The monoisotopic (exact) mass is 245 g/mol. The van der Waals surface area contributed by atoms with E-state index in [9.17, 15) is 9.59 Å². The van der Waals surface area contributed by atoms with Crippen LogP contribution in [0.2, 0.25) is 0 Å². The lowest BCUT2D eigenvalue weighted by atomic mass is 10.3. The number of anilines is 1. The summed E-state index contributed by atoms with van der Waals surface area (Å²) in [6, 6.07) is 9.01. The van der Waals surface area contributed by atoms with E-state index in [4.69, 9.17) is 0 Å². The maximum absolute atomic E-state index is 11.7. The Kier molecular flexibility index (Phi) is 3.33. The van der Waals surface area contributed by atoms with Crippen LogP contribution in [0.5, 0.6) is 0 Å². The minimum Gasteiger partial charge on any atom is -0.274 e. The highest BCUT2D eigenvalue weighted by Gasteiger charge is 2.03. The van der Waals surface area contributed by atoms with E-state index >= 15 is 0 Å². The second-order valence-corrected chi connectivity index (χ2v) is 3.47. The maximum atomic E-state index is 11.7. The van der Waals surface area contributed by atoms with Crippen molar-refractivity contribution in [2.24, 2.45) is 0 Å². The van der Waals surface area contributed by atoms with E-state index in [1.54, 1.807) is 12.1 Å². The molecule has 0 saturated carbocycles. The third kappa shape index (κ3) is 2.70. The lowest BCUT2D eigenvalue weighted by molar-refractivity contribution is -0.118. The minimum atomic E-state index is -0.482. The first-order chi connectivity index (χ1) is 8.66. The minimum absolute atomic E-state index is 0.0439. The molecule has 0 aliphatic heterocycles. The third-order valence-electron chi connectivity index (χ3n) is 2.09. The Morgan fingerprint density at radius 2 is 2.00 bits per heavy atom. The molecule has 1 aromatic carbocycles. The molecule has 1 aromatic heterocycles. The predicted molar refractivity (Wildman–Crippen MR) is 65.1 cm³/mol. The molecular weight excluding hydrogens is 234 g/mol. The van der Waals surface area contributed by atoms with Crippen molar-refractivity contribution >= 4 is 11.9 Å². The number of amides is 1. The van der Waals surface area contributed by atoms with Gasteiger partial charge in [-0.3, -0.25) is 20.2 Å². The first-order valence-corrected chi connectivity index (χ1v) is 5.20. The third-order valence-corrected chi connectivity index (χ3v) is 2.09. The van der Waals surface area contributed by atoms with E-state index in [0.29, 0.717) is 5.69 Å². The van der Waals surface area contributed by atoms with Crippen molar-refractivity contribution in [2.75, 3.05) is 5.43 Å². The Balaban J connectivity index is 2.26. The standard InChI is InChI=1S/C11H11N5O2/c1-8(17)14-15-10-12-7-16(11(18)13-10)9-5-3-2-4-6-9/h2-7H,1H3,(H,14,17)(H,13,15,18). The van der Waals surface area contributed by atoms with Gasteiger partial charge in [-0.15, -0.1) is 0 Å². The molecule has 0 radical (unpaired) electrons. The fraction of sp³-hybridized carbons (Fsp3) is 0.0909. The molecule has 92 valence electrons. The molecule has 0 unspecified atom stereocenters. The van der Waals surface area contributed by atoms with Crippen LogP contribution in [0, 0.1) is 0 Å². The zero-order valence-electron chi connectivity index (χ0n) is 9.62. The van der Waals surface area contributed by atoms with Crippen LogP contribution in [0.25, 0.3) is 5.69 Å². The molecule has 1 amide bonds. The normalized spacial score (nSPS) is 9.83. The molecule has 18 heavy (non-hydrogen) atoms. The second-order valence-electron chi connectivity index (χ2n) is 3.47. The number of hydrogen-bond acceptors (Lipinski definition) is 5. The molecule has 2 rings (SSSR count). The average molecular weight is 245 g/mol. The summed E-state index contributed by atoms with van der Waals surface area (Å²) in [4.78, 5) is 30.0. The Labute approximate surface area is 102 Å². The van der Waals surface area contributed by atoms with Gasteiger partial charge in [0.05, 0.1) is 5.69 Å². The van der Waals surface area contributed by atoms with Crippen molar-refractivity contribution in [1.82, 2.24) is 20.0 Å². The SMILES string of the molecule is CC(=O)NNc1ncn(-c2ccccc2)c(=O)n1. The Morgan fingerprint density at radius 3 is 2.61 bits per heavy atom. The van der Waals surface area contributed by atoms with Gasteiger partial charge in [-0.1, -0.05) is 18.2 Å². The van der Waals surface area contributed by atoms with Gasteiger partial charge in [0.15, 0.2) is 0 Å². The van der Waals surface area contributed by atoms with E-state index in [0.717, 1.165) is 0 Å². The number of nitrogens with zero attached hydrogens (tertiary/aromatic N) is 3. The fourth-order valence-electron chi connectivity index (χ4n) is 1.30. The highest BCUT2D eigenvalue weighted by atomic mass is 16.2. The highest BCUT2D eigenvalue weighted by Crippen LogP contribution is 2.02. The lowest BCUT2D eigenvalue weighted by Crippen LogP contribution is -2.31. The van der Waals surface area contributed by atoms with Crippen LogP contribution < -0.4 is 16.5 Å². The van der Waals surface area contributed by atoms with Crippen molar-refractivity contribution in [3.8, 4) is 5.69 Å². The van der Waals surface area contributed by atoms with Gasteiger partial charge in [-0.25, -0.2) is 9.78 Å². The van der Waals surface area contributed by atoms with Crippen molar-refractivity contribution in [3.63, 3.8) is 0 Å². The number of hydrogen-bond donors (Lipinski definition) is 2. The summed E-state index contributed by atoms with van der Waals surface area (Å²) in [6.07, 6.45) is 1.34. The lowest BCUT2D eigenvalue weighted by Gasteiger charge is -2.06. The number of aromatic nitrogens is 3. The van der Waals surface area contributed by atoms with Gasteiger partial charge in [-0.2, -0.15) is 4.98 Å². The van der Waals surface area contributed by atoms with Crippen LogP contribution in [0.15, 0.2) is 41.5 Å². The number of hydrazine groups is 1. The molecule has 2 aromatic rings. The number of para-hydroxylation sites is 1. The van der Waals surface area contributed by atoms with E-state index in [1.807, 2.05) is 18.2 Å². The molecule has 0 saturated heterocycles. The van der Waals surface area contributed by atoms with Gasteiger partial charge in [0.25, 0.3) is 0 Å². The van der Waals surface area contributed by atoms with E-state index < -0.39 is 5.69 Å². The van der Waals surface area contributed by atoms with Gasteiger partial charge < -0.3 is 0 Å². The van der Waals surface area contributed by atoms with Gasteiger partial charge in [0.2, 0.25) is 11.9 Å². The smallest absolute Gasteiger partial charge is 0.274 e. The maximum Gasteiger partial charge on any atom is 0.356 e. The Bertz CT molecular complexity index is 608. The van der Waals surface area contributed by atoms with Gasteiger partial charge >= 0.3 is 5.69 Å². The van der Waals surface area contributed by atoms with Crippen LogP contribution in [0.4, 0.5) is 5.95 Å². The van der Waals surface area contributed by atoms with Crippen molar-refractivity contribution in [2.45, 2.75) is 6.92 Å². The number of benzene rings is 1. The molecule has 7 nitrogen and oxygen atoms in total. The van der Waals surface area contributed by atoms with E-state index in [-0.39, 0.29) is 11.9 Å². The fourth-order valence-corrected chi connectivity index (χ4v) is 1.30. The summed E-state index contributed by atoms with van der Waals surface area (Å²) in [5.74, 6) is -0.256. The molecule has 0 fully saturated rings. The summed E-state index contributed by atoms with van der Waals surface area (Å²) in [5, 5.41) is 0. The number of carbonyl (C=O) groups excluding carboxylic acids is 1. The molecule has 0 atom stereocenters. The summed E-state index contributed by atoms with van der Waals surface area (Å²) < 4.78 is 1.30. The summed E-state index contributed by atoms with van der Waals surface area (Å²) in [7, 11) is 0. The van der Waals surface area contributed by atoms with Crippen LogP contribution in [0.1, 0.15) is 6.92 Å². The predicted octanol–water partition coefficient (Wildman–Crippen LogP) is 0.0905. The summed E-state index contributed by atoms with van der Waals surface area (Å²) >= 11 is 0. The average Bonchev–Trinajstić information content (AvgIpc) is 2.37. The van der Waals surface area contributed by atoms with Crippen molar-refractivity contribution in [3.05, 3.63) is 47.1 Å². The van der Waals surface area contributed by atoms with Crippen LogP contribution in [-0.4, -0.2) is 20.4 Å². The first kappa shape index (κ1) is 11.8. The summed E-state index contributed by atoms with van der Waals surface area (Å²) in [5.41, 5.74) is 4.91. The highest BCUT2D eigenvalue weighted by molar-refractivity contribution is 5.73. The molecule has 0 bridgehead atoms. The zero-order chi connectivity index (χ0) is 13.0. The molecule has 2 N–H and O–H groups in total. The molecule has 0 aliphatic rings. The number of nitrogens with one attached hydrogen (secondary N) is 2. The van der Waals surface area contributed by atoms with Gasteiger partial charge in [0.1, 0.15) is 6.33 Å². The number of rotatable bonds is 3. The van der Waals surface area contributed by atoms with Crippen LogP contribution >= 0.6 is 0 Å². The largest absolute Gasteiger partial charge is 0.356 e. The molecule has 7 heteroatoms. The summed E-state index contributed by atoms with van der Waals surface area (Å²) in [6.45, 7) is 1.33. The van der Waals surface area contributed by atoms with Crippen LogP contribution in [-0.2, 0) is 4.79 Å². The first-order valence-electron chi connectivity index (χ1n) is 5.20. The Morgan fingerprint density at radius 1 is 1.28 bits per heavy atom. The molecule has 1 heterocycles. The van der Waals surface area contributed by atoms with Gasteiger partial charge in [-0.05, 0) is 12.1 Å². The second kappa shape index (κ2) is 5.09. The topological polar surface area (TPSA) is 88.9 Å². The van der Waals surface area contributed by atoms with E-state index in [1.165, 1.54) is 17.8 Å². The molecular formula is C11H11N5O2. The van der Waals surface area contributed by atoms with E-state index in [2.05, 4.69) is 20.8 Å². The van der Waals surface area contributed by atoms with Crippen molar-refractivity contribution < 1.29 is 4.79 Å². The molecule has 0 spiro atoms. The van der Waals surface area contributed by atoms with Gasteiger partial charge in [0, 0.05) is 6.92 Å². The quantitative estimate of drug-likeness (QED) is 0.748. The number of carbonyl (C=O) groups is 1.